The third-order valence-corrected chi connectivity index (χ3v) is 6.97. The molecule has 3 aromatic heterocycles. The number of aryl methyl sites for hydroxylation is 1. The summed E-state index contributed by atoms with van der Waals surface area (Å²) in [4.78, 5) is 38.4. The highest BCUT2D eigenvalue weighted by Gasteiger charge is 2.33. The minimum atomic E-state index is -0.618. The maximum Gasteiger partial charge on any atom is 0.274 e. The standard InChI is InChI=1S/C29H24FN7O4/c1-16-6-4-9-24(33-16)41-23-11-10-19(14-20(23)30)25-26-27(34-18(3)38)31-15-32-28(26)36-13-12-35(29(25)36)21-7-5-8-22(17(21)2)37(39)40/h4-11,14-15H,12-13H2,1-3H3,(H,31,32,34,38). The smallest absolute Gasteiger partial charge is 0.274 e. The van der Waals surface area contributed by atoms with Crippen LogP contribution in [0.25, 0.3) is 22.2 Å². The number of nitrogens with zero attached hydrogens (tertiary/aromatic N) is 6. The first-order valence-corrected chi connectivity index (χ1v) is 12.8. The number of hydrogen-bond donors (Lipinski definition) is 1. The number of carbonyl (C=O) groups is 1. The van der Waals surface area contributed by atoms with E-state index in [1.165, 1.54) is 31.5 Å². The van der Waals surface area contributed by atoms with Crippen molar-refractivity contribution in [1.82, 2.24) is 19.5 Å². The Bertz CT molecular complexity index is 1870. The number of anilines is 3. The van der Waals surface area contributed by atoms with Crippen LogP contribution in [-0.2, 0) is 11.3 Å². The summed E-state index contributed by atoms with van der Waals surface area (Å²) in [6.45, 7) is 5.90. The Morgan fingerprint density at radius 3 is 2.63 bits per heavy atom. The van der Waals surface area contributed by atoms with E-state index in [1.807, 2.05) is 28.5 Å². The zero-order chi connectivity index (χ0) is 28.8. The molecule has 0 atom stereocenters. The van der Waals surface area contributed by atoms with Crippen LogP contribution in [0.3, 0.4) is 0 Å². The SMILES string of the molecule is CC(=O)Nc1ncnc2c1c(-c1ccc(Oc3cccc(C)n3)c(F)c1)c1n2CCN1c1cccc([N+](=O)[O-])c1C. The van der Waals surface area contributed by atoms with E-state index in [0.29, 0.717) is 52.3 Å². The lowest BCUT2D eigenvalue weighted by Crippen LogP contribution is -2.16. The zero-order valence-corrected chi connectivity index (χ0v) is 22.4. The second kappa shape index (κ2) is 9.97. The Morgan fingerprint density at radius 1 is 1.10 bits per heavy atom. The van der Waals surface area contributed by atoms with Crippen molar-refractivity contribution in [3.63, 3.8) is 0 Å². The molecule has 1 N–H and O–H groups in total. The number of halogens is 1. The molecule has 1 amide bonds. The second-order valence-electron chi connectivity index (χ2n) is 9.65. The van der Waals surface area contributed by atoms with E-state index in [1.54, 1.807) is 31.2 Å². The van der Waals surface area contributed by atoms with Crippen molar-refractivity contribution in [2.24, 2.45) is 0 Å². The van der Waals surface area contributed by atoms with Gasteiger partial charge in [0.15, 0.2) is 11.6 Å². The third kappa shape index (κ3) is 4.48. The topological polar surface area (TPSA) is 128 Å². The van der Waals surface area contributed by atoms with E-state index in [-0.39, 0.29) is 29.0 Å². The number of fused-ring (bicyclic) bond motifs is 3. The number of benzene rings is 2. The van der Waals surface area contributed by atoms with Crippen molar-refractivity contribution in [2.45, 2.75) is 27.3 Å². The van der Waals surface area contributed by atoms with Gasteiger partial charge in [-0.1, -0.05) is 18.2 Å². The lowest BCUT2D eigenvalue weighted by molar-refractivity contribution is -0.385. The van der Waals surface area contributed by atoms with E-state index in [4.69, 9.17) is 4.74 Å². The molecule has 41 heavy (non-hydrogen) atoms. The maximum atomic E-state index is 15.6. The molecule has 12 heteroatoms. The first kappa shape index (κ1) is 25.9. The predicted molar refractivity (Wildman–Crippen MR) is 151 cm³/mol. The summed E-state index contributed by atoms with van der Waals surface area (Å²) in [5.74, 6) is 0.253. The minimum absolute atomic E-state index is 0.00303. The summed E-state index contributed by atoms with van der Waals surface area (Å²) in [6, 6.07) is 14.7. The van der Waals surface area contributed by atoms with Crippen LogP contribution in [0.1, 0.15) is 18.2 Å². The van der Waals surface area contributed by atoms with Gasteiger partial charge in [-0.15, -0.1) is 0 Å². The molecular formula is C29H24FN7O4. The molecule has 0 saturated heterocycles. The molecule has 0 unspecified atom stereocenters. The van der Waals surface area contributed by atoms with Crippen molar-refractivity contribution in [2.75, 3.05) is 16.8 Å². The number of hydrogen-bond acceptors (Lipinski definition) is 8. The monoisotopic (exact) mass is 553 g/mol. The van der Waals surface area contributed by atoms with E-state index < -0.39 is 10.7 Å². The summed E-state index contributed by atoms with van der Waals surface area (Å²) in [7, 11) is 0. The molecule has 11 nitrogen and oxygen atoms in total. The van der Waals surface area contributed by atoms with Gasteiger partial charge in [-0.25, -0.2) is 19.3 Å². The number of pyridine rings is 1. The normalized spacial score (nSPS) is 12.4. The van der Waals surface area contributed by atoms with E-state index in [0.717, 1.165) is 5.69 Å². The second-order valence-corrected chi connectivity index (χ2v) is 9.65. The summed E-state index contributed by atoms with van der Waals surface area (Å²) in [5, 5.41) is 15.0. The first-order chi connectivity index (χ1) is 19.7. The molecule has 4 heterocycles. The molecule has 0 fully saturated rings. The molecule has 0 spiro atoms. The number of nitrogens with one attached hydrogen (secondary N) is 1. The average Bonchev–Trinajstić information content (AvgIpc) is 3.49. The molecule has 0 saturated carbocycles. The fourth-order valence-corrected chi connectivity index (χ4v) is 5.25. The number of amides is 1. The van der Waals surface area contributed by atoms with Crippen LogP contribution in [0.5, 0.6) is 11.6 Å². The molecule has 0 bridgehead atoms. The van der Waals surface area contributed by atoms with Gasteiger partial charge in [0.05, 0.1) is 21.6 Å². The number of nitro groups is 1. The minimum Gasteiger partial charge on any atom is -0.436 e. The van der Waals surface area contributed by atoms with Crippen LogP contribution in [0.2, 0.25) is 0 Å². The number of ether oxygens (including phenoxy) is 1. The Balaban J connectivity index is 1.56. The summed E-state index contributed by atoms with van der Waals surface area (Å²) in [5.41, 5.74) is 3.48. The molecule has 6 rings (SSSR count). The highest BCUT2D eigenvalue weighted by atomic mass is 19.1. The number of rotatable bonds is 6. The fourth-order valence-electron chi connectivity index (χ4n) is 5.25. The van der Waals surface area contributed by atoms with E-state index >= 15 is 4.39 Å². The number of carbonyl (C=O) groups excluding carboxylic acids is 1. The highest BCUT2D eigenvalue weighted by molar-refractivity contribution is 6.11. The molecule has 0 radical (unpaired) electrons. The van der Waals surface area contributed by atoms with Gasteiger partial charge in [0.2, 0.25) is 11.8 Å². The quantitative estimate of drug-likeness (QED) is 0.199. The van der Waals surface area contributed by atoms with Crippen molar-refractivity contribution in [3.8, 4) is 22.8 Å². The van der Waals surface area contributed by atoms with Gasteiger partial charge >= 0.3 is 0 Å². The van der Waals surface area contributed by atoms with Crippen LogP contribution in [0.4, 0.5) is 27.4 Å². The lowest BCUT2D eigenvalue weighted by Gasteiger charge is -2.22. The van der Waals surface area contributed by atoms with Crippen molar-refractivity contribution < 1.29 is 18.8 Å². The Hall–Kier alpha value is -5.39. The van der Waals surface area contributed by atoms with Gasteiger partial charge in [0, 0.05) is 43.4 Å². The van der Waals surface area contributed by atoms with E-state index in [9.17, 15) is 14.9 Å². The molecule has 5 aromatic rings. The van der Waals surface area contributed by atoms with Crippen LogP contribution < -0.4 is 15.0 Å². The first-order valence-electron chi connectivity index (χ1n) is 12.8. The van der Waals surface area contributed by atoms with E-state index in [2.05, 4.69) is 20.3 Å². The maximum absolute atomic E-state index is 15.6. The van der Waals surface area contributed by atoms with Crippen molar-refractivity contribution in [1.29, 1.82) is 0 Å². The van der Waals surface area contributed by atoms with Crippen LogP contribution in [0.15, 0.2) is 60.9 Å². The van der Waals surface area contributed by atoms with Crippen molar-refractivity contribution >= 4 is 40.0 Å². The zero-order valence-electron chi connectivity index (χ0n) is 22.4. The van der Waals surface area contributed by atoms with Gasteiger partial charge in [-0.3, -0.25) is 14.9 Å². The van der Waals surface area contributed by atoms with Gasteiger partial charge < -0.3 is 19.5 Å². The Labute approximate surface area is 233 Å². The van der Waals surface area contributed by atoms with Gasteiger partial charge in [-0.05, 0) is 43.7 Å². The van der Waals surface area contributed by atoms with Gasteiger partial charge in [0.25, 0.3) is 5.69 Å². The van der Waals surface area contributed by atoms with Gasteiger partial charge in [-0.2, -0.15) is 0 Å². The summed E-state index contributed by atoms with van der Waals surface area (Å²) >= 11 is 0. The number of nitro benzene ring substituents is 1. The van der Waals surface area contributed by atoms with Crippen LogP contribution >= 0.6 is 0 Å². The van der Waals surface area contributed by atoms with Crippen LogP contribution in [0, 0.1) is 29.8 Å². The molecule has 206 valence electrons. The van der Waals surface area contributed by atoms with Crippen molar-refractivity contribution in [3.05, 3.63) is 88.1 Å². The highest BCUT2D eigenvalue weighted by Crippen LogP contribution is 2.48. The summed E-state index contributed by atoms with van der Waals surface area (Å²) in [6.07, 6.45) is 1.36. The lowest BCUT2D eigenvalue weighted by atomic mass is 10.0. The molecule has 2 aromatic carbocycles. The fraction of sp³-hybridized carbons (Fsp3) is 0.172. The molecule has 1 aliphatic heterocycles. The third-order valence-electron chi connectivity index (χ3n) is 6.97. The molecule has 0 aliphatic carbocycles. The number of aromatic nitrogens is 4. The Kier molecular flexibility index (Phi) is 6.29. The van der Waals surface area contributed by atoms with Gasteiger partial charge in [0.1, 0.15) is 23.6 Å². The average molecular weight is 554 g/mol. The summed E-state index contributed by atoms with van der Waals surface area (Å²) < 4.78 is 23.2. The molecule has 1 aliphatic rings. The predicted octanol–water partition coefficient (Wildman–Crippen LogP) is 6.06. The molecular weight excluding hydrogens is 529 g/mol. The largest absolute Gasteiger partial charge is 0.436 e. The van der Waals surface area contributed by atoms with Crippen LogP contribution in [-0.4, -0.2) is 36.9 Å². The Morgan fingerprint density at radius 2 is 1.90 bits per heavy atom.